The Kier molecular flexibility index (Phi) is 5.49. The van der Waals surface area contributed by atoms with E-state index in [9.17, 15) is 4.79 Å². The highest BCUT2D eigenvalue weighted by Crippen LogP contribution is 2.50. The number of esters is 1. The molecule has 1 spiro atoms. The second-order valence-corrected chi connectivity index (χ2v) is 10.9. The van der Waals surface area contributed by atoms with Crippen molar-refractivity contribution in [3.8, 4) is 5.75 Å². The third-order valence-corrected chi connectivity index (χ3v) is 8.87. The molecule has 3 aromatic rings. The highest BCUT2D eigenvalue weighted by molar-refractivity contribution is 9.10. The molecule has 2 unspecified atom stereocenters. The van der Waals surface area contributed by atoms with Crippen molar-refractivity contribution in [3.63, 3.8) is 0 Å². The number of hydrogen-bond donors (Lipinski definition) is 1. The quantitative estimate of drug-likeness (QED) is 0.389. The molecule has 2 aromatic carbocycles. The molecule has 0 aliphatic carbocycles. The van der Waals surface area contributed by atoms with E-state index >= 15 is 0 Å². The molecule has 0 bridgehead atoms. The molecule has 0 amide bonds. The lowest BCUT2D eigenvalue weighted by Crippen LogP contribution is -2.64. The zero-order valence-electron chi connectivity index (χ0n) is 19.8. The van der Waals surface area contributed by atoms with Gasteiger partial charge in [-0.25, -0.2) is 4.79 Å². The van der Waals surface area contributed by atoms with Crippen LogP contribution in [0.5, 0.6) is 5.75 Å². The summed E-state index contributed by atoms with van der Waals surface area (Å²) in [5.41, 5.74) is 4.41. The van der Waals surface area contributed by atoms with Gasteiger partial charge in [-0.05, 0) is 64.2 Å². The summed E-state index contributed by atoms with van der Waals surface area (Å²) in [5.74, 6) is 1.10. The Labute approximate surface area is 208 Å². The Morgan fingerprint density at radius 3 is 2.88 bits per heavy atom. The van der Waals surface area contributed by atoms with Gasteiger partial charge in [0.05, 0.1) is 5.56 Å². The lowest BCUT2D eigenvalue weighted by Gasteiger charge is -2.56. The first-order valence-electron chi connectivity index (χ1n) is 12.5. The summed E-state index contributed by atoms with van der Waals surface area (Å²) in [6.45, 7) is 6.13. The second kappa shape index (κ2) is 8.42. The van der Waals surface area contributed by atoms with Crippen molar-refractivity contribution < 1.29 is 14.3 Å². The number of aryl methyl sites for hydroxylation is 1. The number of hydrogen-bond acceptors (Lipinski definition) is 4. The second-order valence-electron chi connectivity index (χ2n) is 10.1. The predicted molar refractivity (Wildman–Crippen MR) is 136 cm³/mol. The topological polar surface area (TPSA) is 54.6 Å². The van der Waals surface area contributed by atoms with Crippen molar-refractivity contribution in [1.29, 1.82) is 0 Å². The van der Waals surface area contributed by atoms with E-state index in [2.05, 4.69) is 37.9 Å². The number of carbonyl (C=O) groups excluding carboxylic acids is 1. The van der Waals surface area contributed by atoms with Gasteiger partial charge in [-0.2, -0.15) is 0 Å². The van der Waals surface area contributed by atoms with Crippen LogP contribution < -0.4 is 4.74 Å². The average molecular weight is 523 g/mol. The number of fused-ring (bicyclic) bond motifs is 3. The highest BCUT2D eigenvalue weighted by atomic mass is 79.9. The molecule has 4 heterocycles. The van der Waals surface area contributed by atoms with Crippen LogP contribution in [-0.4, -0.2) is 34.7 Å². The summed E-state index contributed by atoms with van der Waals surface area (Å²) < 4.78 is 13.8. The first-order chi connectivity index (χ1) is 16.5. The van der Waals surface area contributed by atoms with Crippen molar-refractivity contribution in [2.24, 2.45) is 5.92 Å². The summed E-state index contributed by atoms with van der Waals surface area (Å²) in [6.07, 6.45) is 6.55. The van der Waals surface area contributed by atoms with Crippen molar-refractivity contribution >= 4 is 32.8 Å². The number of rotatable bonds is 3. The molecule has 178 valence electrons. The third kappa shape index (κ3) is 3.41. The lowest BCUT2D eigenvalue weighted by atomic mass is 9.74. The minimum atomic E-state index is -0.361. The number of aromatic nitrogens is 1. The molecular formula is C28H31BrN2O3. The summed E-state index contributed by atoms with van der Waals surface area (Å²) in [4.78, 5) is 19.5. The number of piperidine rings is 2. The van der Waals surface area contributed by atoms with Gasteiger partial charge in [0, 0.05) is 57.6 Å². The molecule has 3 aliphatic rings. The van der Waals surface area contributed by atoms with Gasteiger partial charge in [0.2, 0.25) is 0 Å². The number of halogens is 1. The Balaban J connectivity index is 1.39. The van der Waals surface area contributed by atoms with Crippen molar-refractivity contribution in [2.75, 3.05) is 13.1 Å². The maximum Gasteiger partial charge on any atom is 0.341 e. The SMILES string of the molecule is Cc1[nH]c2ccc3c(c2c1C(=O)O[C@@H](C)c1ccccc1Br)CC1CCCN2CCCCC12O3. The summed E-state index contributed by atoms with van der Waals surface area (Å²) in [7, 11) is 0. The van der Waals surface area contributed by atoms with E-state index in [0.717, 1.165) is 63.9 Å². The number of nitrogens with zero attached hydrogens (tertiary/aromatic N) is 1. The fraction of sp³-hybridized carbons (Fsp3) is 0.464. The van der Waals surface area contributed by atoms with Crippen LogP contribution in [0.4, 0.5) is 0 Å². The molecule has 2 fully saturated rings. The lowest BCUT2D eigenvalue weighted by molar-refractivity contribution is -0.177. The van der Waals surface area contributed by atoms with Crippen LogP contribution in [-0.2, 0) is 11.2 Å². The maximum absolute atomic E-state index is 13.5. The minimum absolute atomic E-state index is 0.169. The molecule has 3 atom stereocenters. The van der Waals surface area contributed by atoms with Gasteiger partial charge in [0.1, 0.15) is 11.9 Å². The average Bonchev–Trinajstić information content (AvgIpc) is 3.18. The normalized spacial score (nSPS) is 25.1. The molecule has 6 heteroatoms. The van der Waals surface area contributed by atoms with Crippen molar-refractivity contribution in [3.05, 3.63) is 63.3 Å². The van der Waals surface area contributed by atoms with Gasteiger partial charge in [0.25, 0.3) is 0 Å². The van der Waals surface area contributed by atoms with E-state index in [-0.39, 0.29) is 17.8 Å². The standard InChI is InChI=1S/C28H31BrN2O3/c1-17-25(27(32)33-18(2)20-9-3-4-10-22(20)29)26-21-16-19-8-7-15-31-14-6-5-13-28(19,31)34-24(21)12-11-23(26)30-17/h3-4,9-12,18-19,30H,5-8,13-16H2,1-2H3/t18-,19?,28?/m0/s1. The third-order valence-electron chi connectivity index (χ3n) is 8.15. The molecule has 6 rings (SSSR count). The molecular weight excluding hydrogens is 492 g/mol. The Morgan fingerprint density at radius 1 is 1.21 bits per heavy atom. The van der Waals surface area contributed by atoms with Crippen LogP contribution >= 0.6 is 15.9 Å². The molecule has 1 aromatic heterocycles. The highest BCUT2D eigenvalue weighted by Gasteiger charge is 2.52. The first kappa shape index (κ1) is 22.2. The number of H-pyrrole nitrogens is 1. The van der Waals surface area contributed by atoms with Crippen LogP contribution in [0.2, 0.25) is 0 Å². The number of benzene rings is 2. The number of ether oxygens (including phenoxy) is 2. The Hall–Kier alpha value is -2.31. The molecule has 2 saturated heterocycles. The zero-order valence-corrected chi connectivity index (χ0v) is 21.4. The molecule has 0 saturated carbocycles. The molecule has 3 aliphatic heterocycles. The number of nitrogens with one attached hydrogen (secondary N) is 1. The number of aromatic amines is 1. The van der Waals surface area contributed by atoms with E-state index < -0.39 is 0 Å². The van der Waals surface area contributed by atoms with Gasteiger partial charge in [-0.1, -0.05) is 34.1 Å². The van der Waals surface area contributed by atoms with Crippen LogP contribution in [0.3, 0.4) is 0 Å². The Bertz CT molecular complexity index is 1270. The van der Waals surface area contributed by atoms with E-state index in [0.29, 0.717) is 11.5 Å². The maximum atomic E-state index is 13.5. The fourth-order valence-corrected chi connectivity index (χ4v) is 7.16. The van der Waals surface area contributed by atoms with Gasteiger partial charge in [0.15, 0.2) is 5.72 Å². The molecule has 1 N–H and O–H groups in total. The van der Waals surface area contributed by atoms with Crippen LogP contribution in [0.1, 0.15) is 72.3 Å². The monoisotopic (exact) mass is 522 g/mol. The van der Waals surface area contributed by atoms with Gasteiger partial charge >= 0.3 is 5.97 Å². The Morgan fingerprint density at radius 2 is 2.03 bits per heavy atom. The smallest absolute Gasteiger partial charge is 0.341 e. The van der Waals surface area contributed by atoms with Crippen molar-refractivity contribution in [1.82, 2.24) is 9.88 Å². The van der Waals surface area contributed by atoms with Crippen LogP contribution in [0.25, 0.3) is 10.9 Å². The van der Waals surface area contributed by atoms with E-state index in [1.807, 2.05) is 38.1 Å². The zero-order chi connectivity index (χ0) is 23.4. The number of carbonyl (C=O) groups is 1. The van der Waals surface area contributed by atoms with Gasteiger partial charge < -0.3 is 14.5 Å². The summed E-state index contributed by atoms with van der Waals surface area (Å²) >= 11 is 3.58. The summed E-state index contributed by atoms with van der Waals surface area (Å²) in [5, 5.41) is 0.974. The minimum Gasteiger partial charge on any atom is -0.472 e. The van der Waals surface area contributed by atoms with Gasteiger partial charge in [-0.15, -0.1) is 0 Å². The van der Waals surface area contributed by atoms with E-state index in [4.69, 9.17) is 9.47 Å². The van der Waals surface area contributed by atoms with E-state index in [1.54, 1.807) is 0 Å². The molecule has 0 radical (unpaired) electrons. The van der Waals surface area contributed by atoms with Crippen molar-refractivity contribution in [2.45, 2.75) is 64.2 Å². The molecule has 5 nitrogen and oxygen atoms in total. The van der Waals surface area contributed by atoms with Crippen LogP contribution in [0.15, 0.2) is 40.9 Å². The first-order valence-corrected chi connectivity index (χ1v) is 13.3. The largest absolute Gasteiger partial charge is 0.472 e. The predicted octanol–water partition coefficient (Wildman–Crippen LogP) is 6.68. The van der Waals surface area contributed by atoms with Crippen LogP contribution in [0, 0.1) is 12.8 Å². The molecule has 34 heavy (non-hydrogen) atoms. The summed E-state index contributed by atoms with van der Waals surface area (Å²) in [6, 6.07) is 12.0. The van der Waals surface area contributed by atoms with Gasteiger partial charge in [-0.3, -0.25) is 4.90 Å². The fourth-order valence-electron chi connectivity index (χ4n) is 6.55. The van der Waals surface area contributed by atoms with E-state index in [1.165, 1.54) is 25.7 Å².